The molecule has 0 aliphatic heterocycles. The van der Waals surface area contributed by atoms with Crippen LogP contribution >= 0.6 is 0 Å². The number of carbonyl (C=O) groups is 2. The van der Waals surface area contributed by atoms with E-state index in [1.54, 1.807) is 12.3 Å². The normalized spacial score (nSPS) is 9.90. The monoisotopic (exact) mass is 288 g/mol. The van der Waals surface area contributed by atoms with Crippen LogP contribution in [0.5, 0.6) is 0 Å². The summed E-state index contributed by atoms with van der Waals surface area (Å²) in [5.41, 5.74) is 11.5. The summed E-state index contributed by atoms with van der Waals surface area (Å²) in [7, 11) is 0. The van der Waals surface area contributed by atoms with Crippen molar-refractivity contribution in [2.24, 2.45) is 17.4 Å². The van der Waals surface area contributed by atoms with E-state index in [0.717, 1.165) is 0 Å². The first-order valence-electron chi connectivity index (χ1n) is 6.65. The molecule has 0 aliphatic rings. The highest BCUT2D eigenvalue weighted by molar-refractivity contribution is 5.96. The van der Waals surface area contributed by atoms with Crippen molar-refractivity contribution < 1.29 is 9.59 Å². The van der Waals surface area contributed by atoms with Crippen molar-refractivity contribution in [1.82, 2.24) is 9.88 Å². The van der Waals surface area contributed by atoms with E-state index in [0.29, 0.717) is 17.7 Å². The van der Waals surface area contributed by atoms with Crippen LogP contribution in [-0.4, -0.2) is 41.3 Å². The van der Waals surface area contributed by atoms with Gasteiger partial charge in [-0.2, -0.15) is 0 Å². The van der Waals surface area contributed by atoms with Crippen LogP contribution < -0.4 is 11.5 Å². The molecule has 6 heteroatoms. The topological polar surface area (TPSA) is 102 Å². The molecule has 0 atom stereocenters. The zero-order valence-electron chi connectivity index (χ0n) is 12.3. The Morgan fingerprint density at radius 2 is 2.10 bits per heavy atom. The number of aromatic nitrogens is 1. The smallest absolute Gasteiger partial charge is 0.255 e. The van der Waals surface area contributed by atoms with Gasteiger partial charge in [0, 0.05) is 24.5 Å². The molecule has 112 valence electrons. The summed E-state index contributed by atoms with van der Waals surface area (Å²) in [5.74, 6) is 4.92. The van der Waals surface area contributed by atoms with Gasteiger partial charge in [-0.05, 0) is 12.0 Å². The van der Waals surface area contributed by atoms with Crippen LogP contribution in [0.4, 0.5) is 0 Å². The van der Waals surface area contributed by atoms with Crippen LogP contribution in [0.2, 0.25) is 0 Å². The summed E-state index contributed by atoms with van der Waals surface area (Å²) in [6, 6.07) is 1.63. The predicted octanol–water partition coefficient (Wildman–Crippen LogP) is -0.0247. The molecule has 1 rings (SSSR count). The highest BCUT2D eigenvalue weighted by Gasteiger charge is 2.19. The minimum atomic E-state index is -0.545. The average Bonchev–Trinajstić information content (AvgIpc) is 2.43. The number of hydrogen-bond donors (Lipinski definition) is 2. The molecule has 1 aromatic rings. The van der Waals surface area contributed by atoms with Gasteiger partial charge in [0.2, 0.25) is 5.91 Å². The summed E-state index contributed by atoms with van der Waals surface area (Å²) in [6.07, 6.45) is 3.00. The lowest BCUT2D eigenvalue weighted by Crippen LogP contribution is -2.40. The lowest BCUT2D eigenvalue weighted by molar-refractivity contribution is -0.118. The number of rotatable bonds is 5. The molecule has 21 heavy (non-hydrogen) atoms. The number of amides is 2. The molecule has 0 aromatic carbocycles. The molecule has 0 aliphatic carbocycles. The van der Waals surface area contributed by atoms with Crippen molar-refractivity contribution in [3.05, 3.63) is 29.6 Å². The van der Waals surface area contributed by atoms with Crippen LogP contribution in [0.15, 0.2) is 18.5 Å². The van der Waals surface area contributed by atoms with Crippen molar-refractivity contribution >= 4 is 11.8 Å². The molecule has 0 unspecified atom stereocenters. The van der Waals surface area contributed by atoms with Crippen LogP contribution in [0.3, 0.4) is 0 Å². The molecular weight excluding hydrogens is 268 g/mol. The van der Waals surface area contributed by atoms with Gasteiger partial charge in [-0.15, -0.1) is 0 Å². The number of hydrogen-bond acceptors (Lipinski definition) is 4. The maximum atomic E-state index is 12.4. The minimum Gasteiger partial charge on any atom is -0.368 e. The molecule has 6 nitrogen and oxygen atoms in total. The number of nitrogens with two attached hydrogens (primary N) is 2. The fourth-order valence-electron chi connectivity index (χ4n) is 1.81. The van der Waals surface area contributed by atoms with E-state index in [1.165, 1.54) is 11.1 Å². The van der Waals surface area contributed by atoms with Crippen LogP contribution in [0.1, 0.15) is 29.8 Å². The number of primary amides is 1. The summed E-state index contributed by atoms with van der Waals surface area (Å²) >= 11 is 0. The third-order valence-electron chi connectivity index (χ3n) is 2.54. The van der Waals surface area contributed by atoms with Gasteiger partial charge in [-0.1, -0.05) is 25.7 Å². The molecule has 1 aromatic heterocycles. The van der Waals surface area contributed by atoms with Gasteiger partial charge >= 0.3 is 0 Å². The second-order valence-corrected chi connectivity index (χ2v) is 5.01. The summed E-state index contributed by atoms with van der Waals surface area (Å²) in [5, 5.41) is 0. The molecule has 4 N–H and O–H groups in total. The first-order chi connectivity index (χ1) is 9.93. The Balaban J connectivity index is 2.99. The van der Waals surface area contributed by atoms with Gasteiger partial charge in [-0.3, -0.25) is 14.6 Å². The van der Waals surface area contributed by atoms with Gasteiger partial charge in [0.25, 0.3) is 5.91 Å². The quantitative estimate of drug-likeness (QED) is 0.743. The zero-order chi connectivity index (χ0) is 15.8. The van der Waals surface area contributed by atoms with E-state index in [2.05, 4.69) is 16.8 Å². The summed E-state index contributed by atoms with van der Waals surface area (Å²) < 4.78 is 0. The largest absolute Gasteiger partial charge is 0.368 e. The lowest BCUT2D eigenvalue weighted by Gasteiger charge is -2.23. The Bertz CT molecular complexity index is 573. The Hall–Kier alpha value is -2.39. The van der Waals surface area contributed by atoms with Crippen LogP contribution in [-0.2, 0) is 4.79 Å². The highest BCUT2D eigenvalue weighted by Crippen LogP contribution is 2.08. The molecule has 1 heterocycles. The zero-order valence-corrected chi connectivity index (χ0v) is 12.3. The van der Waals surface area contributed by atoms with Crippen molar-refractivity contribution in [1.29, 1.82) is 0 Å². The van der Waals surface area contributed by atoms with Gasteiger partial charge in [-0.25, -0.2) is 0 Å². The fourth-order valence-corrected chi connectivity index (χ4v) is 1.81. The van der Waals surface area contributed by atoms with Crippen molar-refractivity contribution in [3.8, 4) is 11.8 Å². The standard InChI is InChI=1S/C15H20N4O2/c1-11(2)9-19(10-14(17)20)15(21)13-6-12(4-3-5-16)7-18-8-13/h6-8,11H,5,9-10,16H2,1-2H3,(H2,17,20). The van der Waals surface area contributed by atoms with E-state index in [-0.39, 0.29) is 24.9 Å². The fraction of sp³-hybridized carbons (Fsp3) is 0.400. The molecule has 2 amide bonds. The third-order valence-corrected chi connectivity index (χ3v) is 2.54. The first-order valence-corrected chi connectivity index (χ1v) is 6.65. The minimum absolute atomic E-state index is 0.115. The number of nitrogens with zero attached hydrogens (tertiary/aromatic N) is 2. The maximum Gasteiger partial charge on any atom is 0.255 e. The number of pyridine rings is 1. The molecule has 0 bridgehead atoms. The van der Waals surface area contributed by atoms with Gasteiger partial charge in [0.15, 0.2) is 0 Å². The highest BCUT2D eigenvalue weighted by atomic mass is 16.2. The summed E-state index contributed by atoms with van der Waals surface area (Å²) in [4.78, 5) is 29.0. The van der Waals surface area contributed by atoms with E-state index in [1.807, 2.05) is 13.8 Å². The van der Waals surface area contributed by atoms with Crippen LogP contribution in [0, 0.1) is 17.8 Å². The Labute approximate surface area is 124 Å². The molecule has 0 saturated heterocycles. The van der Waals surface area contributed by atoms with Gasteiger partial charge in [0.1, 0.15) is 0 Å². The molecule has 0 radical (unpaired) electrons. The lowest BCUT2D eigenvalue weighted by atomic mass is 10.1. The SMILES string of the molecule is CC(C)CN(CC(N)=O)C(=O)c1cncc(C#CCN)c1. The van der Waals surface area contributed by atoms with E-state index in [4.69, 9.17) is 11.5 Å². The number of carbonyl (C=O) groups excluding carboxylic acids is 2. The molecule has 0 fully saturated rings. The average molecular weight is 288 g/mol. The Morgan fingerprint density at radius 3 is 2.67 bits per heavy atom. The Morgan fingerprint density at radius 1 is 1.38 bits per heavy atom. The van der Waals surface area contributed by atoms with E-state index in [9.17, 15) is 9.59 Å². The van der Waals surface area contributed by atoms with Crippen molar-refractivity contribution in [2.45, 2.75) is 13.8 Å². The van der Waals surface area contributed by atoms with Crippen molar-refractivity contribution in [3.63, 3.8) is 0 Å². The second-order valence-electron chi connectivity index (χ2n) is 5.01. The molecule has 0 spiro atoms. The Kier molecular flexibility index (Phi) is 6.37. The summed E-state index contributed by atoms with van der Waals surface area (Å²) in [6.45, 7) is 4.49. The van der Waals surface area contributed by atoms with Gasteiger partial charge in [0.05, 0.1) is 18.7 Å². The molecule has 0 saturated carbocycles. The van der Waals surface area contributed by atoms with Gasteiger partial charge < -0.3 is 16.4 Å². The first kappa shape index (κ1) is 16.7. The van der Waals surface area contributed by atoms with E-state index >= 15 is 0 Å². The van der Waals surface area contributed by atoms with E-state index < -0.39 is 5.91 Å². The van der Waals surface area contributed by atoms with Crippen LogP contribution in [0.25, 0.3) is 0 Å². The second kappa shape index (κ2) is 8.02. The van der Waals surface area contributed by atoms with Crippen molar-refractivity contribution in [2.75, 3.05) is 19.6 Å². The molecular formula is C15H20N4O2. The third kappa shape index (κ3) is 5.63. The maximum absolute atomic E-state index is 12.4. The predicted molar refractivity (Wildman–Crippen MR) is 80.1 cm³/mol.